The molecule has 0 heterocycles. The quantitative estimate of drug-likeness (QED) is 0.590. The summed E-state index contributed by atoms with van der Waals surface area (Å²) in [7, 11) is -3.69. The second-order valence-electron chi connectivity index (χ2n) is 5.38. The van der Waals surface area contributed by atoms with Gasteiger partial charge in [0, 0.05) is 0 Å². The van der Waals surface area contributed by atoms with Gasteiger partial charge in [-0.1, -0.05) is 60.0 Å². The molecular weight excluding hydrogens is 318 g/mol. The van der Waals surface area contributed by atoms with Crippen LogP contribution in [0.3, 0.4) is 0 Å². The number of hydrogen-bond acceptors (Lipinski definition) is 2. The van der Waals surface area contributed by atoms with E-state index in [9.17, 15) is 8.42 Å². The minimum atomic E-state index is -3.69. The van der Waals surface area contributed by atoms with Crippen molar-refractivity contribution in [3.8, 4) is 11.8 Å². The maximum Gasteiger partial charge on any atom is 0.244 e. The maximum absolute atomic E-state index is 13.1. The van der Waals surface area contributed by atoms with Crippen LogP contribution >= 0.6 is 0 Å². The fourth-order valence-electron chi connectivity index (χ4n) is 2.41. The first kappa shape index (κ1) is 18.0. The molecule has 0 radical (unpaired) electrons. The Hall–Kier alpha value is -2.35. The first-order valence-corrected chi connectivity index (χ1v) is 9.10. The molecule has 3 nitrogen and oxygen atoms in total. The van der Waals surface area contributed by atoms with Gasteiger partial charge in [0.1, 0.15) is 0 Å². The Morgan fingerprint density at radius 1 is 1.12 bits per heavy atom. The standard InChI is InChI=1S/C20H21NO2S/c1-4-6-16-21(20(5-2)18-10-8-7-9-11-18)24(22,23)19-14-12-17(3)13-15-19/h5,7-15,20H,2,16H2,1,3H3. The van der Waals surface area contributed by atoms with E-state index in [0.29, 0.717) is 0 Å². The summed E-state index contributed by atoms with van der Waals surface area (Å²) >= 11 is 0. The fraction of sp³-hybridized carbons (Fsp3) is 0.200. The van der Waals surface area contributed by atoms with Gasteiger partial charge in [-0.3, -0.25) is 0 Å². The van der Waals surface area contributed by atoms with E-state index in [4.69, 9.17) is 0 Å². The lowest BCUT2D eigenvalue weighted by atomic mass is 10.1. The Bertz CT molecular complexity index is 844. The SMILES string of the molecule is C=CC(c1ccccc1)N(CC#CC)S(=O)(=O)c1ccc(C)cc1. The molecule has 0 amide bonds. The minimum absolute atomic E-state index is 0.109. The smallest absolute Gasteiger partial charge is 0.207 e. The van der Waals surface area contributed by atoms with E-state index in [-0.39, 0.29) is 11.4 Å². The number of sulfonamides is 1. The molecule has 124 valence electrons. The van der Waals surface area contributed by atoms with Crippen LogP contribution in [0.2, 0.25) is 0 Å². The molecule has 1 atom stereocenters. The van der Waals surface area contributed by atoms with E-state index < -0.39 is 16.1 Å². The number of nitrogens with zero attached hydrogens (tertiary/aromatic N) is 1. The molecule has 0 aliphatic rings. The van der Waals surface area contributed by atoms with Gasteiger partial charge in [-0.2, -0.15) is 4.31 Å². The van der Waals surface area contributed by atoms with Crippen LogP contribution in [0, 0.1) is 18.8 Å². The molecule has 4 heteroatoms. The van der Waals surface area contributed by atoms with Crippen LogP contribution in [0.1, 0.15) is 24.1 Å². The molecule has 0 aliphatic carbocycles. The van der Waals surface area contributed by atoms with Crippen molar-refractivity contribution in [3.63, 3.8) is 0 Å². The second kappa shape index (κ2) is 7.96. The predicted octanol–water partition coefficient (Wildman–Crippen LogP) is 3.94. The van der Waals surface area contributed by atoms with Crippen LogP contribution in [0.25, 0.3) is 0 Å². The third-order valence-electron chi connectivity index (χ3n) is 3.71. The first-order valence-electron chi connectivity index (χ1n) is 7.66. The van der Waals surface area contributed by atoms with Crippen molar-refractivity contribution >= 4 is 10.0 Å². The summed E-state index contributed by atoms with van der Waals surface area (Å²) in [5.41, 5.74) is 1.87. The largest absolute Gasteiger partial charge is 0.244 e. The molecule has 0 aliphatic heterocycles. The van der Waals surface area contributed by atoms with Crippen molar-refractivity contribution < 1.29 is 8.42 Å². The van der Waals surface area contributed by atoms with Gasteiger partial charge >= 0.3 is 0 Å². The molecule has 2 aromatic rings. The molecule has 1 unspecified atom stereocenters. The van der Waals surface area contributed by atoms with Crippen LogP contribution in [0.15, 0.2) is 72.1 Å². The maximum atomic E-state index is 13.1. The highest BCUT2D eigenvalue weighted by Gasteiger charge is 2.30. The van der Waals surface area contributed by atoms with Gasteiger partial charge in [0.05, 0.1) is 17.5 Å². The molecule has 24 heavy (non-hydrogen) atoms. The van der Waals surface area contributed by atoms with Crippen molar-refractivity contribution in [2.75, 3.05) is 6.54 Å². The van der Waals surface area contributed by atoms with E-state index >= 15 is 0 Å². The Kier molecular flexibility index (Phi) is 5.97. The lowest BCUT2D eigenvalue weighted by Gasteiger charge is -2.27. The van der Waals surface area contributed by atoms with Crippen molar-refractivity contribution in [2.45, 2.75) is 24.8 Å². The highest BCUT2D eigenvalue weighted by Crippen LogP contribution is 2.28. The van der Waals surface area contributed by atoms with Crippen molar-refractivity contribution in [1.82, 2.24) is 4.31 Å². The third kappa shape index (κ3) is 3.94. The van der Waals surface area contributed by atoms with Crippen LogP contribution < -0.4 is 0 Å². The molecule has 0 bridgehead atoms. The average molecular weight is 339 g/mol. The molecule has 0 spiro atoms. The summed E-state index contributed by atoms with van der Waals surface area (Å²) in [6.45, 7) is 7.56. The second-order valence-corrected chi connectivity index (χ2v) is 7.27. The molecule has 0 N–H and O–H groups in total. The van der Waals surface area contributed by atoms with Gasteiger partial charge in [0.2, 0.25) is 10.0 Å². The highest BCUT2D eigenvalue weighted by molar-refractivity contribution is 7.89. The summed E-state index contributed by atoms with van der Waals surface area (Å²) in [6.07, 6.45) is 1.64. The van der Waals surface area contributed by atoms with E-state index in [1.165, 1.54) is 4.31 Å². The predicted molar refractivity (Wildman–Crippen MR) is 97.9 cm³/mol. The highest BCUT2D eigenvalue weighted by atomic mass is 32.2. The van der Waals surface area contributed by atoms with Crippen molar-refractivity contribution in [2.24, 2.45) is 0 Å². The Morgan fingerprint density at radius 2 is 1.75 bits per heavy atom. The molecule has 2 rings (SSSR count). The van der Waals surface area contributed by atoms with Gasteiger partial charge in [0.25, 0.3) is 0 Å². The fourth-order valence-corrected chi connectivity index (χ4v) is 3.90. The third-order valence-corrected chi connectivity index (χ3v) is 5.56. The van der Waals surface area contributed by atoms with E-state index in [1.807, 2.05) is 37.3 Å². The van der Waals surface area contributed by atoms with Crippen LogP contribution in [0.4, 0.5) is 0 Å². The first-order chi connectivity index (χ1) is 11.5. The van der Waals surface area contributed by atoms with E-state index in [0.717, 1.165) is 11.1 Å². The number of hydrogen-bond donors (Lipinski definition) is 0. The van der Waals surface area contributed by atoms with Crippen LogP contribution in [-0.4, -0.2) is 19.3 Å². The van der Waals surface area contributed by atoms with Gasteiger partial charge in [0.15, 0.2) is 0 Å². The zero-order chi connectivity index (χ0) is 17.6. The summed E-state index contributed by atoms with van der Waals surface area (Å²) < 4.78 is 27.7. The number of benzene rings is 2. The Labute approximate surface area is 144 Å². The molecule has 0 fully saturated rings. The minimum Gasteiger partial charge on any atom is -0.207 e. The molecule has 0 saturated carbocycles. The van der Waals surface area contributed by atoms with Gasteiger partial charge < -0.3 is 0 Å². The summed E-state index contributed by atoms with van der Waals surface area (Å²) in [5, 5.41) is 0. The number of rotatable bonds is 6. The number of aryl methyl sites for hydroxylation is 1. The lowest BCUT2D eigenvalue weighted by Crippen LogP contribution is -2.34. The molecule has 2 aromatic carbocycles. The normalized spacial score (nSPS) is 12.3. The van der Waals surface area contributed by atoms with Gasteiger partial charge in [-0.05, 0) is 31.5 Å². The topological polar surface area (TPSA) is 37.4 Å². The zero-order valence-corrected chi connectivity index (χ0v) is 14.8. The Morgan fingerprint density at radius 3 is 2.29 bits per heavy atom. The summed E-state index contributed by atoms with van der Waals surface area (Å²) in [4.78, 5) is 0.258. The molecule has 0 saturated heterocycles. The molecule has 0 aromatic heterocycles. The van der Waals surface area contributed by atoms with E-state index in [2.05, 4.69) is 18.4 Å². The van der Waals surface area contributed by atoms with E-state index in [1.54, 1.807) is 37.3 Å². The van der Waals surface area contributed by atoms with Crippen molar-refractivity contribution in [3.05, 3.63) is 78.4 Å². The van der Waals surface area contributed by atoms with Crippen LogP contribution in [-0.2, 0) is 10.0 Å². The molecular formula is C20H21NO2S. The monoisotopic (exact) mass is 339 g/mol. The van der Waals surface area contributed by atoms with Crippen molar-refractivity contribution in [1.29, 1.82) is 0 Å². The summed E-state index contributed by atoms with van der Waals surface area (Å²) in [6, 6.07) is 15.8. The summed E-state index contributed by atoms with van der Waals surface area (Å²) in [5.74, 6) is 5.64. The average Bonchev–Trinajstić information content (AvgIpc) is 2.59. The van der Waals surface area contributed by atoms with Crippen LogP contribution in [0.5, 0.6) is 0 Å². The van der Waals surface area contributed by atoms with Gasteiger partial charge in [-0.15, -0.1) is 12.5 Å². The zero-order valence-electron chi connectivity index (χ0n) is 13.9. The Balaban J connectivity index is 2.52. The van der Waals surface area contributed by atoms with Gasteiger partial charge in [-0.25, -0.2) is 8.42 Å². The lowest BCUT2D eigenvalue weighted by molar-refractivity contribution is 0.402.